The zero-order valence-electron chi connectivity index (χ0n) is 11.7. The van der Waals surface area contributed by atoms with Crippen molar-refractivity contribution in [2.24, 2.45) is 0 Å². The van der Waals surface area contributed by atoms with Crippen LogP contribution in [0.2, 0.25) is 0 Å². The first-order valence-electron chi connectivity index (χ1n) is 6.66. The maximum absolute atomic E-state index is 12.0. The number of nitrogens with zero attached hydrogens (tertiary/aromatic N) is 1. The average Bonchev–Trinajstić information content (AvgIpc) is 2.84. The number of amides is 1. The van der Waals surface area contributed by atoms with Gasteiger partial charge in [-0.25, -0.2) is 0 Å². The summed E-state index contributed by atoms with van der Waals surface area (Å²) in [5.74, 6) is 0.134. The van der Waals surface area contributed by atoms with Gasteiger partial charge in [-0.3, -0.25) is 9.78 Å². The third-order valence-corrected chi connectivity index (χ3v) is 3.20. The summed E-state index contributed by atoms with van der Waals surface area (Å²) < 4.78 is 5.77. The number of furan rings is 1. The smallest absolute Gasteiger partial charge is 0.287 e. The molecule has 4 nitrogen and oxygen atoms in total. The maximum Gasteiger partial charge on any atom is 0.287 e. The Kier molecular flexibility index (Phi) is 2.93. The van der Waals surface area contributed by atoms with E-state index in [1.165, 1.54) is 0 Å². The molecule has 1 aromatic carbocycles. The van der Waals surface area contributed by atoms with Crippen LogP contribution >= 0.6 is 0 Å². The van der Waals surface area contributed by atoms with Gasteiger partial charge >= 0.3 is 0 Å². The molecular weight excluding hydrogens is 252 g/mol. The summed E-state index contributed by atoms with van der Waals surface area (Å²) in [5.41, 5.74) is 2.47. The Morgan fingerprint density at radius 1 is 1.25 bits per heavy atom. The van der Waals surface area contributed by atoms with E-state index < -0.39 is 0 Å². The van der Waals surface area contributed by atoms with Crippen LogP contribution in [0.25, 0.3) is 21.9 Å². The van der Waals surface area contributed by atoms with Crippen molar-refractivity contribution in [3.63, 3.8) is 0 Å². The van der Waals surface area contributed by atoms with E-state index in [9.17, 15) is 4.79 Å². The molecule has 0 saturated heterocycles. The number of hydrogen-bond acceptors (Lipinski definition) is 3. The topological polar surface area (TPSA) is 55.1 Å². The van der Waals surface area contributed by atoms with Crippen molar-refractivity contribution in [2.45, 2.75) is 26.8 Å². The number of carbonyl (C=O) groups excluding carboxylic acids is 1. The molecule has 2 heterocycles. The highest BCUT2D eigenvalue weighted by Gasteiger charge is 2.16. The van der Waals surface area contributed by atoms with Crippen LogP contribution < -0.4 is 5.32 Å². The molecule has 4 heteroatoms. The van der Waals surface area contributed by atoms with Crippen LogP contribution in [0, 0.1) is 6.92 Å². The van der Waals surface area contributed by atoms with Crippen molar-refractivity contribution in [3.05, 3.63) is 41.8 Å². The highest BCUT2D eigenvalue weighted by atomic mass is 16.3. The van der Waals surface area contributed by atoms with Crippen LogP contribution in [0.3, 0.4) is 0 Å². The van der Waals surface area contributed by atoms with Crippen LogP contribution in [-0.4, -0.2) is 16.9 Å². The van der Waals surface area contributed by atoms with Crippen molar-refractivity contribution in [3.8, 4) is 0 Å². The summed E-state index contributed by atoms with van der Waals surface area (Å²) in [4.78, 5) is 16.6. The number of pyridine rings is 1. The van der Waals surface area contributed by atoms with E-state index >= 15 is 0 Å². The highest BCUT2D eigenvalue weighted by Crippen LogP contribution is 2.29. The lowest BCUT2D eigenvalue weighted by molar-refractivity contribution is 0.0917. The van der Waals surface area contributed by atoms with E-state index in [2.05, 4.69) is 10.3 Å². The van der Waals surface area contributed by atoms with E-state index in [4.69, 9.17) is 4.42 Å². The van der Waals surface area contributed by atoms with Crippen molar-refractivity contribution in [1.82, 2.24) is 10.3 Å². The number of carbonyl (C=O) groups is 1. The quantitative estimate of drug-likeness (QED) is 0.774. The number of rotatable bonds is 2. The fourth-order valence-electron chi connectivity index (χ4n) is 2.31. The molecule has 102 valence electrons. The molecule has 0 saturated carbocycles. The van der Waals surface area contributed by atoms with E-state index in [1.54, 1.807) is 6.07 Å². The van der Waals surface area contributed by atoms with Crippen LogP contribution in [-0.2, 0) is 0 Å². The molecule has 0 radical (unpaired) electrons. The van der Waals surface area contributed by atoms with E-state index in [0.29, 0.717) is 5.76 Å². The first-order valence-corrected chi connectivity index (χ1v) is 6.66. The van der Waals surface area contributed by atoms with E-state index in [0.717, 1.165) is 27.6 Å². The Morgan fingerprint density at radius 2 is 2.00 bits per heavy atom. The SMILES string of the molecule is Cc1nc2ccccc2c2oc(C(=O)NC(C)C)cc12. The van der Waals surface area contributed by atoms with Gasteiger partial charge in [-0.15, -0.1) is 0 Å². The molecular formula is C16H16N2O2. The number of para-hydroxylation sites is 1. The summed E-state index contributed by atoms with van der Waals surface area (Å²) in [5, 5.41) is 4.65. The Hall–Kier alpha value is -2.36. The van der Waals surface area contributed by atoms with Gasteiger partial charge in [0.1, 0.15) is 5.58 Å². The third kappa shape index (κ3) is 2.03. The standard InChI is InChI=1S/C16H16N2O2/c1-9(2)17-16(19)14-8-12-10(3)18-13-7-5-4-6-11(13)15(12)20-14/h4-9H,1-3H3,(H,17,19). The molecule has 1 amide bonds. The lowest BCUT2D eigenvalue weighted by atomic mass is 10.1. The number of aryl methyl sites for hydroxylation is 1. The van der Waals surface area contributed by atoms with E-state index in [-0.39, 0.29) is 11.9 Å². The Labute approximate surface area is 116 Å². The van der Waals surface area contributed by atoms with Gasteiger partial charge in [0.25, 0.3) is 5.91 Å². The van der Waals surface area contributed by atoms with Gasteiger partial charge in [0.05, 0.1) is 5.52 Å². The zero-order chi connectivity index (χ0) is 14.3. The van der Waals surface area contributed by atoms with Crippen LogP contribution in [0.1, 0.15) is 30.1 Å². The van der Waals surface area contributed by atoms with Gasteiger partial charge < -0.3 is 9.73 Å². The molecule has 3 aromatic rings. The molecule has 0 aliphatic carbocycles. The highest BCUT2D eigenvalue weighted by molar-refractivity contribution is 6.06. The lowest BCUT2D eigenvalue weighted by Crippen LogP contribution is -2.29. The van der Waals surface area contributed by atoms with E-state index in [1.807, 2.05) is 45.0 Å². The molecule has 0 fully saturated rings. The van der Waals surface area contributed by atoms with Crippen molar-refractivity contribution >= 4 is 27.8 Å². The second-order valence-corrected chi connectivity index (χ2v) is 5.20. The van der Waals surface area contributed by atoms with Gasteiger partial charge in [0.15, 0.2) is 5.76 Å². The summed E-state index contributed by atoms with van der Waals surface area (Å²) >= 11 is 0. The summed E-state index contributed by atoms with van der Waals surface area (Å²) in [6.07, 6.45) is 0. The maximum atomic E-state index is 12.0. The zero-order valence-corrected chi connectivity index (χ0v) is 11.7. The number of hydrogen-bond donors (Lipinski definition) is 1. The van der Waals surface area contributed by atoms with Crippen LogP contribution in [0.4, 0.5) is 0 Å². The molecule has 0 aliphatic rings. The summed E-state index contributed by atoms with van der Waals surface area (Å²) in [7, 11) is 0. The molecule has 2 aromatic heterocycles. The predicted octanol–water partition coefficient (Wildman–Crippen LogP) is 3.43. The van der Waals surface area contributed by atoms with Crippen molar-refractivity contribution < 1.29 is 9.21 Å². The second kappa shape index (κ2) is 4.63. The van der Waals surface area contributed by atoms with Gasteiger partial charge in [0.2, 0.25) is 0 Å². The Morgan fingerprint density at radius 3 is 2.75 bits per heavy atom. The summed E-state index contributed by atoms with van der Waals surface area (Å²) in [6, 6.07) is 9.62. The van der Waals surface area contributed by atoms with Crippen LogP contribution in [0.15, 0.2) is 34.7 Å². The summed E-state index contributed by atoms with van der Waals surface area (Å²) in [6.45, 7) is 5.76. The number of fused-ring (bicyclic) bond motifs is 3. The fourth-order valence-corrected chi connectivity index (χ4v) is 2.31. The number of nitrogens with one attached hydrogen (secondary N) is 1. The number of aromatic nitrogens is 1. The minimum absolute atomic E-state index is 0.0756. The monoisotopic (exact) mass is 268 g/mol. The van der Waals surface area contributed by atoms with Crippen LogP contribution in [0.5, 0.6) is 0 Å². The average molecular weight is 268 g/mol. The largest absolute Gasteiger partial charge is 0.450 e. The fraction of sp³-hybridized carbons (Fsp3) is 0.250. The third-order valence-electron chi connectivity index (χ3n) is 3.20. The predicted molar refractivity (Wildman–Crippen MR) is 78.9 cm³/mol. The van der Waals surface area contributed by atoms with Gasteiger partial charge in [-0.2, -0.15) is 0 Å². The number of benzene rings is 1. The molecule has 1 N–H and O–H groups in total. The molecule has 3 rings (SSSR count). The van der Waals surface area contributed by atoms with Gasteiger partial charge in [-0.1, -0.05) is 12.1 Å². The normalized spacial score (nSPS) is 11.4. The minimum atomic E-state index is -0.195. The first kappa shape index (κ1) is 12.7. The Bertz CT molecular complexity index is 803. The Balaban J connectivity index is 2.22. The lowest BCUT2D eigenvalue weighted by Gasteiger charge is -2.05. The van der Waals surface area contributed by atoms with Gasteiger partial charge in [-0.05, 0) is 39.0 Å². The molecule has 0 bridgehead atoms. The molecule has 0 atom stereocenters. The second-order valence-electron chi connectivity index (χ2n) is 5.20. The van der Waals surface area contributed by atoms with Gasteiger partial charge in [0, 0.05) is 22.5 Å². The van der Waals surface area contributed by atoms with Crippen molar-refractivity contribution in [2.75, 3.05) is 0 Å². The molecule has 0 spiro atoms. The van der Waals surface area contributed by atoms with Crippen molar-refractivity contribution in [1.29, 1.82) is 0 Å². The molecule has 20 heavy (non-hydrogen) atoms. The minimum Gasteiger partial charge on any atom is -0.450 e. The molecule has 0 unspecified atom stereocenters. The molecule has 0 aliphatic heterocycles. The first-order chi connectivity index (χ1) is 9.56.